The maximum Gasteiger partial charge on any atom is 0.234 e. The van der Waals surface area contributed by atoms with Crippen LogP contribution in [0.25, 0.3) is 22.2 Å². The number of aromatic nitrogens is 1. The van der Waals surface area contributed by atoms with E-state index in [0.29, 0.717) is 31.1 Å². The number of benzene rings is 2. The van der Waals surface area contributed by atoms with E-state index in [2.05, 4.69) is 41.4 Å². The summed E-state index contributed by atoms with van der Waals surface area (Å²) in [6.07, 6.45) is 0. The van der Waals surface area contributed by atoms with E-state index in [4.69, 9.17) is 14.5 Å². The van der Waals surface area contributed by atoms with Gasteiger partial charge in [0.25, 0.3) is 0 Å². The molecule has 0 spiro atoms. The van der Waals surface area contributed by atoms with E-state index in [1.165, 1.54) is 5.56 Å². The van der Waals surface area contributed by atoms with Gasteiger partial charge in [-0.25, -0.2) is 4.98 Å². The Hall–Kier alpha value is -3.12. The number of fused-ring (bicyclic) bond motifs is 1. The first-order valence-corrected chi connectivity index (χ1v) is 9.69. The molecule has 150 valence electrons. The highest BCUT2D eigenvalue weighted by atomic mass is 16.5. The lowest BCUT2D eigenvalue weighted by atomic mass is 10.0. The Morgan fingerprint density at radius 2 is 1.90 bits per heavy atom. The Balaban J connectivity index is 1.82. The summed E-state index contributed by atoms with van der Waals surface area (Å²) in [6.45, 7) is 4.62. The van der Waals surface area contributed by atoms with Crippen molar-refractivity contribution in [3.05, 3.63) is 53.6 Å². The van der Waals surface area contributed by atoms with Crippen LogP contribution >= 0.6 is 0 Å². The van der Waals surface area contributed by atoms with Crippen molar-refractivity contribution in [2.24, 2.45) is 0 Å². The number of hydrogen-bond donors (Lipinski definition) is 1. The van der Waals surface area contributed by atoms with E-state index >= 15 is 0 Å². The predicted octanol–water partition coefficient (Wildman–Crippen LogP) is 3.16. The van der Waals surface area contributed by atoms with Crippen LogP contribution in [0.5, 0.6) is 11.5 Å². The molecule has 0 unspecified atom stereocenters. The van der Waals surface area contributed by atoms with Crippen molar-refractivity contribution in [3.8, 4) is 22.8 Å². The van der Waals surface area contributed by atoms with Gasteiger partial charge in [0.2, 0.25) is 5.91 Å². The molecule has 6 heteroatoms. The fourth-order valence-corrected chi connectivity index (χ4v) is 3.74. The highest BCUT2D eigenvalue weighted by Gasteiger charge is 2.19. The molecular weight excluding hydrogens is 366 g/mol. The van der Waals surface area contributed by atoms with Crippen molar-refractivity contribution < 1.29 is 14.3 Å². The highest BCUT2D eigenvalue weighted by molar-refractivity contribution is 5.84. The molecule has 0 bridgehead atoms. The number of ether oxygens (including phenoxy) is 2. The van der Waals surface area contributed by atoms with Crippen LogP contribution in [0.15, 0.2) is 42.5 Å². The Bertz CT molecular complexity index is 1060. The Morgan fingerprint density at radius 3 is 2.66 bits per heavy atom. The number of carbonyl (C=O) groups is 1. The molecule has 0 atom stereocenters. The van der Waals surface area contributed by atoms with Gasteiger partial charge in [0.15, 0.2) is 11.5 Å². The minimum absolute atomic E-state index is 0.0632. The van der Waals surface area contributed by atoms with Gasteiger partial charge in [0.1, 0.15) is 0 Å². The first-order valence-electron chi connectivity index (χ1n) is 9.69. The van der Waals surface area contributed by atoms with Gasteiger partial charge < -0.3 is 14.8 Å². The van der Waals surface area contributed by atoms with E-state index < -0.39 is 0 Å². The number of nitrogens with zero attached hydrogens (tertiary/aromatic N) is 2. The number of nitrogens with one attached hydrogen (secondary N) is 1. The monoisotopic (exact) mass is 391 g/mol. The second-order valence-corrected chi connectivity index (χ2v) is 7.32. The molecule has 6 nitrogen and oxygen atoms in total. The van der Waals surface area contributed by atoms with Crippen LogP contribution in [0, 0.1) is 6.92 Å². The van der Waals surface area contributed by atoms with Crippen molar-refractivity contribution in [2.45, 2.75) is 13.5 Å². The average molecular weight is 391 g/mol. The van der Waals surface area contributed by atoms with E-state index in [-0.39, 0.29) is 5.91 Å². The SMILES string of the molecule is COc1ccc(-c2nc3cc(C)ccc3cc2CN2CCNC(=O)C2)cc1OC. The van der Waals surface area contributed by atoms with Crippen molar-refractivity contribution in [1.82, 2.24) is 15.2 Å². The van der Waals surface area contributed by atoms with Crippen LogP contribution in [-0.4, -0.2) is 49.6 Å². The fourth-order valence-electron chi connectivity index (χ4n) is 3.74. The zero-order valence-corrected chi connectivity index (χ0v) is 17.0. The summed E-state index contributed by atoms with van der Waals surface area (Å²) < 4.78 is 10.9. The van der Waals surface area contributed by atoms with Crippen molar-refractivity contribution in [1.29, 1.82) is 0 Å². The fraction of sp³-hybridized carbons (Fsp3) is 0.304. The topological polar surface area (TPSA) is 63.7 Å². The zero-order chi connectivity index (χ0) is 20.4. The van der Waals surface area contributed by atoms with Gasteiger partial charge in [-0.1, -0.05) is 12.1 Å². The molecule has 1 fully saturated rings. The average Bonchev–Trinajstić information content (AvgIpc) is 2.73. The van der Waals surface area contributed by atoms with E-state index in [1.54, 1.807) is 14.2 Å². The molecular formula is C23H25N3O3. The second-order valence-electron chi connectivity index (χ2n) is 7.32. The van der Waals surface area contributed by atoms with Crippen LogP contribution < -0.4 is 14.8 Å². The van der Waals surface area contributed by atoms with Crippen LogP contribution in [-0.2, 0) is 11.3 Å². The van der Waals surface area contributed by atoms with Gasteiger partial charge in [-0.2, -0.15) is 0 Å². The standard InChI is InChI=1S/C23H25N3O3/c1-15-4-5-16-11-18(13-26-9-8-24-22(27)14-26)23(25-19(16)10-15)17-6-7-20(28-2)21(12-17)29-3/h4-7,10-12H,8-9,13-14H2,1-3H3,(H,24,27). The molecule has 1 saturated heterocycles. The summed E-state index contributed by atoms with van der Waals surface area (Å²) in [5.74, 6) is 1.41. The molecule has 3 aromatic rings. The van der Waals surface area contributed by atoms with Crippen molar-refractivity contribution in [3.63, 3.8) is 0 Å². The molecule has 4 rings (SSSR count). The van der Waals surface area contributed by atoms with Crippen LogP contribution in [0.3, 0.4) is 0 Å². The zero-order valence-electron chi connectivity index (χ0n) is 17.0. The number of aryl methyl sites for hydroxylation is 1. The molecule has 0 saturated carbocycles. The predicted molar refractivity (Wildman–Crippen MR) is 113 cm³/mol. The first kappa shape index (κ1) is 19.2. The quantitative estimate of drug-likeness (QED) is 0.724. The lowest BCUT2D eigenvalue weighted by molar-refractivity contribution is -0.124. The largest absolute Gasteiger partial charge is 0.493 e. The maximum atomic E-state index is 11.8. The van der Waals surface area contributed by atoms with Gasteiger partial charge in [-0.3, -0.25) is 9.69 Å². The van der Waals surface area contributed by atoms with Gasteiger partial charge in [0, 0.05) is 30.6 Å². The van der Waals surface area contributed by atoms with Crippen LogP contribution in [0.2, 0.25) is 0 Å². The number of piperazine rings is 1. The lowest BCUT2D eigenvalue weighted by Gasteiger charge is -2.27. The van der Waals surface area contributed by atoms with E-state index in [0.717, 1.165) is 34.3 Å². The highest BCUT2D eigenvalue weighted by Crippen LogP contribution is 2.34. The number of pyridine rings is 1. The van der Waals surface area contributed by atoms with Gasteiger partial charge >= 0.3 is 0 Å². The van der Waals surface area contributed by atoms with Crippen molar-refractivity contribution >= 4 is 16.8 Å². The Kier molecular flexibility index (Phi) is 5.36. The number of hydrogen-bond acceptors (Lipinski definition) is 5. The molecule has 1 amide bonds. The normalized spacial score (nSPS) is 14.7. The molecule has 2 aromatic carbocycles. The van der Waals surface area contributed by atoms with Gasteiger partial charge in [-0.15, -0.1) is 0 Å². The summed E-state index contributed by atoms with van der Waals surface area (Å²) in [7, 11) is 3.26. The number of amides is 1. The van der Waals surface area contributed by atoms with Gasteiger partial charge in [0.05, 0.1) is 32.0 Å². The summed E-state index contributed by atoms with van der Waals surface area (Å²) in [6, 6.07) is 14.3. The first-order chi connectivity index (χ1) is 14.1. The number of methoxy groups -OCH3 is 2. The maximum absolute atomic E-state index is 11.8. The Labute approximate surface area is 170 Å². The lowest BCUT2D eigenvalue weighted by Crippen LogP contribution is -2.47. The summed E-state index contributed by atoms with van der Waals surface area (Å²) in [4.78, 5) is 19.0. The molecule has 1 aliphatic rings. The third-order valence-electron chi connectivity index (χ3n) is 5.22. The third kappa shape index (κ3) is 4.03. The van der Waals surface area contributed by atoms with Gasteiger partial charge in [-0.05, 0) is 48.4 Å². The Morgan fingerprint density at radius 1 is 1.07 bits per heavy atom. The van der Waals surface area contributed by atoms with E-state index in [9.17, 15) is 4.79 Å². The number of rotatable bonds is 5. The minimum Gasteiger partial charge on any atom is -0.493 e. The molecule has 29 heavy (non-hydrogen) atoms. The molecule has 0 radical (unpaired) electrons. The molecule has 2 heterocycles. The smallest absolute Gasteiger partial charge is 0.234 e. The summed E-state index contributed by atoms with van der Waals surface area (Å²) in [5.41, 5.74) is 5.07. The summed E-state index contributed by atoms with van der Waals surface area (Å²) in [5, 5.41) is 3.97. The summed E-state index contributed by atoms with van der Waals surface area (Å²) >= 11 is 0. The second kappa shape index (κ2) is 8.09. The molecule has 1 aromatic heterocycles. The molecule has 0 aliphatic carbocycles. The number of carbonyl (C=O) groups excluding carboxylic acids is 1. The molecule has 1 aliphatic heterocycles. The van der Waals surface area contributed by atoms with Crippen LogP contribution in [0.1, 0.15) is 11.1 Å². The van der Waals surface area contributed by atoms with Crippen LogP contribution in [0.4, 0.5) is 0 Å². The molecule has 1 N–H and O–H groups in total. The third-order valence-corrected chi connectivity index (χ3v) is 5.22. The minimum atomic E-state index is 0.0632. The van der Waals surface area contributed by atoms with E-state index in [1.807, 2.05) is 18.2 Å². The van der Waals surface area contributed by atoms with Crippen molar-refractivity contribution in [2.75, 3.05) is 33.9 Å².